The summed E-state index contributed by atoms with van der Waals surface area (Å²) in [6.45, 7) is 0.226. The van der Waals surface area contributed by atoms with E-state index in [1.165, 1.54) is 18.9 Å². The second kappa shape index (κ2) is 5.55. The minimum atomic E-state index is -4.34. The molecule has 114 valence electrons. The lowest BCUT2D eigenvalue weighted by Gasteiger charge is -2.29. The molecule has 0 spiro atoms. The van der Waals surface area contributed by atoms with E-state index in [-0.39, 0.29) is 5.88 Å². The third-order valence-corrected chi connectivity index (χ3v) is 3.37. The van der Waals surface area contributed by atoms with E-state index in [1.807, 2.05) is 0 Å². The van der Waals surface area contributed by atoms with Crippen molar-refractivity contribution >= 4 is 0 Å². The highest BCUT2D eigenvalue weighted by molar-refractivity contribution is 5.18. The zero-order valence-corrected chi connectivity index (χ0v) is 11.4. The smallest absolute Gasteiger partial charge is 0.422 e. The molecule has 2 heterocycles. The molecule has 4 nitrogen and oxygen atoms in total. The number of hydrazine groups is 1. The SMILES string of the molecule is FC(F)(F)COc1ccc(CN2CC=CN2C2CC2)cn1. The first kappa shape index (κ1) is 14.2. The highest BCUT2D eigenvalue weighted by Crippen LogP contribution is 2.31. The number of aromatic nitrogens is 1. The summed E-state index contributed by atoms with van der Waals surface area (Å²) >= 11 is 0. The molecule has 0 atom stereocenters. The minimum absolute atomic E-state index is 0.00493. The molecule has 7 heteroatoms. The molecule has 0 aromatic carbocycles. The van der Waals surface area contributed by atoms with Gasteiger partial charge in [-0.25, -0.2) is 9.99 Å². The van der Waals surface area contributed by atoms with E-state index in [4.69, 9.17) is 0 Å². The lowest BCUT2D eigenvalue weighted by Crippen LogP contribution is -2.36. The van der Waals surface area contributed by atoms with Crippen LogP contribution < -0.4 is 4.74 Å². The molecule has 1 aromatic rings. The highest BCUT2D eigenvalue weighted by atomic mass is 19.4. The Morgan fingerprint density at radius 1 is 1.29 bits per heavy atom. The Labute approximate surface area is 120 Å². The predicted molar refractivity (Wildman–Crippen MR) is 70.2 cm³/mol. The van der Waals surface area contributed by atoms with E-state index < -0.39 is 12.8 Å². The molecule has 1 fully saturated rings. The maximum absolute atomic E-state index is 12.0. The Bertz CT molecular complexity index is 511. The molecule has 0 N–H and O–H groups in total. The van der Waals surface area contributed by atoms with E-state index in [1.54, 1.807) is 12.3 Å². The molecular weight excluding hydrogens is 283 g/mol. The van der Waals surface area contributed by atoms with Crippen molar-refractivity contribution in [1.29, 1.82) is 0 Å². The minimum Gasteiger partial charge on any atom is -0.468 e. The molecule has 2 aliphatic rings. The Morgan fingerprint density at radius 2 is 2.10 bits per heavy atom. The summed E-state index contributed by atoms with van der Waals surface area (Å²) in [5, 5.41) is 4.43. The van der Waals surface area contributed by atoms with E-state index in [0.29, 0.717) is 12.6 Å². The second-order valence-corrected chi connectivity index (χ2v) is 5.25. The van der Waals surface area contributed by atoms with E-state index in [2.05, 4.69) is 32.0 Å². The lowest BCUT2D eigenvalue weighted by molar-refractivity contribution is -0.154. The van der Waals surface area contributed by atoms with Crippen LogP contribution in [0.5, 0.6) is 5.88 Å². The van der Waals surface area contributed by atoms with Gasteiger partial charge in [0.25, 0.3) is 0 Å². The fourth-order valence-corrected chi connectivity index (χ4v) is 2.26. The summed E-state index contributed by atoms with van der Waals surface area (Å²) in [6.07, 6.45) is 3.84. The van der Waals surface area contributed by atoms with Crippen molar-refractivity contribution in [2.45, 2.75) is 31.6 Å². The summed E-state index contributed by atoms with van der Waals surface area (Å²) in [4.78, 5) is 3.92. The standard InChI is InChI=1S/C14H16F3N3O/c15-14(16,17)10-21-13-5-2-11(8-18-13)9-19-6-1-7-20(19)12-3-4-12/h1-2,5,7-8,12H,3-4,6,9-10H2. The molecule has 1 aromatic heterocycles. The van der Waals surface area contributed by atoms with Gasteiger partial charge < -0.3 is 9.75 Å². The molecule has 1 aliphatic heterocycles. The summed E-state index contributed by atoms with van der Waals surface area (Å²) in [5.74, 6) is -0.00493. The number of hydrogen-bond donors (Lipinski definition) is 0. The molecular formula is C14H16F3N3O. The summed E-state index contributed by atoms with van der Waals surface area (Å²) in [7, 11) is 0. The van der Waals surface area contributed by atoms with Crippen molar-refractivity contribution in [2.24, 2.45) is 0 Å². The average Bonchev–Trinajstić information content (AvgIpc) is 3.18. The van der Waals surface area contributed by atoms with E-state index in [0.717, 1.165) is 12.1 Å². The Morgan fingerprint density at radius 3 is 2.71 bits per heavy atom. The van der Waals surface area contributed by atoms with Crippen molar-refractivity contribution in [3.05, 3.63) is 36.2 Å². The first-order valence-corrected chi connectivity index (χ1v) is 6.85. The normalized spacial score (nSPS) is 19.3. The van der Waals surface area contributed by atoms with Gasteiger partial charge in [0, 0.05) is 37.6 Å². The fraction of sp³-hybridized carbons (Fsp3) is 0.500. The number of hydrogen-bond acceptors (Lipinski definition) is 4. The van der Waals surface area contributed by atoms with Gasteiger partial charge in [0.05, 0.1) is 0 Å². The number of ether oxygens (including phenoxy) is 1. The molecule has 0 unspecified atom stereocenters. The average molecular weight is 299 g/mol. The van der Waals surface area contributed by atoms with Gasteiger partial charge in [-0.05, 0) is 18.4 Å². The maximum Gasteiger partial charge on any atom is 0.422 e. The quantitative estimate of drug-likeness (QED) is 0.836. The fourth-order valence-electron chi connectivity index (χ4n) is 2.26. The number of pyridine rings is 1. The number of halogens is 3. The molecule has 0 bridgehead atoms. The topological polar surface area (TPSA) is 28.6 Å². The van der Waals surface area contributed by atoms with Gasteiger partial charge in [0.1, 0.15) is 0 Å². The van der Waals surface area contributed by atoms with Gasteiger partial charge in [-0.15, -0.1) is 0 Å². The molecule has 3 rings (SSSR count). The summed E-state index contributed by atoms with van der Waals surface area (Å²) in [6, 6.07) is 3.83. The van der Waals surface area contributed by atoms with Crippen molar-refractivity contribution < 1.29 is 17.9 Å². The maximum atomic E-state index is 12.0. The van der Waals surface area contributed by atoms with Crippen LogP contribution in [0.2, 0.25) is 0 Å². The number of rotatable bonds is 5. The second-order valence-electron chi connectivity index (χ2n) is 5.25. The number of nitrogens with zero attached hydrogens (tertiary/aromatic N) is 3. The van der Waals surface area contributed by atoms with Crippen molar-refractivity contribution in [3.8, 4) is 5.88 Å². The Hall–Kier alpha value is -1.76. The molecule has 21 heavy (non-hydrogen) atoms. The van der Waals surface area contributed by atoms with Gasteiger partial charge >= 0.3 is 6.18 Å². The first-order chi connectivity index (χ1) is 10.0. The zero-order chi connectivity index (χ0) is 14.9. The largest absolute Gasteiger partial charge is 0.468 e. The van der Waals surface area contributed by atoms with Crippen LogP contribution in [0, 0.1) is 0 Å². The molecule has 0 amide bonds. The van der Waals surface area contributed by atoms with Gasteiger partial charge in [-0.1, -0.05) is 12.1 Å². The van der Waals surface area contributed by atoms with Crippen molar-refractivity contribution in [3.63, 3.8) is 0 Å². The van der Waals surface area contributed by atoms with Crippen LogP contribution in [-0.2, 0) is 6.54 Å². The first-order valence-electron chi connectivity index (χ1n) is 6.85. The summed E-state index contributed by atoms with van der Waals surface area (Å²) < 4.78 is 40.7. The van der Waals surface area contributed by atoms with E-state index in [9.17, 15) is 13.2 Å². The van der Waals surface area contributed by atoms with Crippen LogP contribution in [-0.4, -0.2) is 40.4 Å². The summed E-state index contributed by atoms with van der Waals surface area (Å²) in [5.41, 5.74) is 0.948. The lowest BCUT2D eigenvalue weighted by atomic mass is 10.3. The van der Waals surface area contributed by atoms with Gasteiger partial charge in [-0.2, -0.15) is 13.2 Å². The van der Waals surface area contributed by atoms with Crippen molar-refractivity contribution in [2.75, 3.05) is 13.2 Å². The molecule has 1 saturated carbocycles. The van der Waals surface area contributed by atoms with Crippen LogP contribution >= 0.6 is 0 Å². The van der Waals surface area contributed by atoms with Crippen molar-refractivity contribution in [1.82, 2.24) is 15.0 Å². The Kier molecular flexibility index (Phi) is 3.75. The van der Waals surface area contributed by atoms with Crippen LogP contribution in [0.1, 0.15) is 18.4 Å². The number of alkyl halides is 3. The van der Waals surface area contributed by atoms with Crippen LogP contribution in [0.25, 0.3) is 0 Å². The van der Waals surface area contributed by atoms with Crippen LogP contribution in [0.4, 0.5) is 13.2 Å². The van der Waals surface area contributed by atoms with Crippen LogP contribution in [0.3, 0.4) is 0 Å². The third-order valence-electron chi connectivity index (χ3n) is 3.37. The van der Waals surface area contributed by atoms with Gasteiger partial charge in [0.2, 0.25) is 5.88 Å². The van der Waals surface area contributed by atoms with Gasteiger partial charge in [-0.3, -0.25) is 0 Å². The van der Waals surface area contributed by atoms with Crippen LogP contribution in [0.15, 0.2) is 30.6 Å². The monoisotopic (exact) mass is 299 g/mol. The third kappa shape index (κ3) is 3.87. The van der Waals surface area contributed by atoms with Gasteiger partial charge in [0.15, 0.2) is 6.61 Å². The van der Waals surface area contributed by atoms with E-state index >= 15 is 0 Å². The molecule has 0 saturated heterocycles. The Balaban J connectivity index is 1.54. The zero-order valence-electron chi connectivity index (χ0n) is 11.4. The highest BCUT2D eigenvalue weighted by Gasteiger charge is 2.32. The predicted octanol–water partition coefficient (Wildman–Crippen LogP) is 2.73. The molecule has 0 radical (unpaired) electrons. The molecule has 1 aliphatic carbocycles.